The summed E-state index contributed by atoms with van der Waals surface area (Å²) in [4.78, 5) is 35.7. The molecule has 0 saturated heterocycles. The lowest BCUT2D eigenvalue weighted by Crippen LogP contribution is -2.28. The molecule has 154 valence electrons. The number of nitrogens with zero attached hydrogens (tertiary/aromatic N) is 3. The zero-order valence-corrected chi connectivity index (χ0v) is 16.7. The Bertz CT molecular complexity index is 1330. The second kappa shape index (κ2) is 8.47. The van der Waals surface area contributed by atoms with Gasteiger partial charge in [0.1, 0.15) is 11.6 Å². The summed E-state index contributed by atoms with van der Waals surface area (Å²) >= 11 is 0. The van der Waals surface area contributed by atoms with Gasteiger partial charge in [-0.3, -0.25) is 4.79 Å². The van der Waals surface area contributed by atoms with Gasteiger partial charge in [0.15, 0.2) is 5.69 Å². The molecule has 1 heterocycles. The number of aromatic nitrogens is 2. The highest BCUT2D eigenvalue weighted by Gasteiger charge is 2.21. The van der Waals surface area contributed by atoms with Crippen molar-refractivity contribution in [3.05, 3.63) is 91.9 Å². The van der Waals surface area contributed by atoms with E-state index in [4.69, 9.17) is 5.11 Å². The summed E-state index contributed by atoms with van der Waals surface area (Å²) in [5.74, 6) is -2.47. The molecule has 0 amide bonds. The van der Waals surface area contributed by atoms with Crippen LogP contribution in [0.4, 0.5) is 0 Å². The molecule has 0 saturated carbocycles. The Labute approximate surface area is 176 Å². The molecule has 31 heavy (non-hydrogen) atoms. The summed E-state index contributed by atoms with van der Waals surface area (Å²) in [7, 11) is 0. The number of carboxylic acids is 2. The van der Waals surface area contributed by atoms with Gasteiger partial charge in [0.05, 0.1) is 11.3 Å². The van der Waals surface area contributed by atoms with E-state index in [9.17, 15) is 24.8 Å². The molecule has 0 bridgehead atoms. The summed E-state index contributed by atoms with van der Waals surface area (Å²) in [5.41, 5.74) is 1.21. The number of hydrogen-bond acceptors (Lipinski definition) is 5. The Morgan fingerprint density at radius 3 is 2.23 bits per heavy atom. The van der Waals surface area contributed by atoms with Gasteiger partial charge in [-0.05, 0) is 54.8 Å². The highest BCUT2D eigenvalue weighted by atomic mass is 16.4. The third-order valence-electron chi connectivity index (χ3n) is 4.78. The van der Waals surface area contributed by atoms with Crippen LogP contribution in [0.25, 0.3) is 17.8 Å². The fourth-order valence-corrected chi connectivity index (χ4v) is 2.92. The molecular formula is C23H17N3O5. The molecule has 0 atom stereocenters. The first kappa shape index (κ1) is 21.2. The molecule has 0 spiro atoms. The second-order valence-corrected chi connectivity index (χ2v) is 6.80. The Balaban J connectivity index is 2.16. The minimum atomic E-state index is -1.39. The van der Waals surface area contributed by atoms with E-state index in [1.165, 1.54) is 36.4 Å². The van der Waals surface area contributed by atoms with Gasteiger partial charge in [0.25, 0.3) is 5.56 Å². The molecular weight excluding hydrogens is 398 g/mol. The van der Waals surface area contributed by atoms with Gasteiger partial charge >= 0.3 is 11.9 Å². The molecule has 0 radical (unpaired) electrons. The molecule has 0 aliphatic carbocycles. The third-order valence-corrected chi connectivity index (χ3v) is 4.78. The van der Waals surface area contributed by atoms with Crippen LogP contribution in [0.3, 0.4) is 0 Å². The van der Waals surface area contributed by atoms with Gasteiger partial charge in [-0.2, -0.15) is 15.0 Å². The Morgan fingerprint density at radius 2 is 1.68 bits per heavy atom. The zero-order chi connectivity index (χ0) is 22.7. The van der Waals surface area contributed by atoms with Crippen LogP contribution in [-0.2, 0) is 0 Å². The highest BCUT2D eigenvalue weighted by Crippen LogP contribution is 2.17. The molecule has 0 fully saturated rings. The molecule has 2 aromatic carbocycles. The summed E-state index contributed by atoms with van der Waals surface area (Å²) in [5, 5.41) is 32.2. The number of carboxylic acid groups (broad SMARTS) is 2. The van der Waals surface area contributed by atoms with Crippen LogP contribution in [-0.4, -0.2) is 31.9 Å². The quantitative estimate of drug-likeness (QED) is 0.653. The number of benzene rings is 2. The van der Waals surface area contributed by atoms with Crippen molar-refractivity contribution in [3.63, 3.8) is 0 Å². The Hall–Kier alpha value is -4.51. The van der Waals surface area contributed by atoms with Crippen LogP contribution in [0.2, 0.25) is 0 Å². The van der Waals surface area contributed by atoms with E-state index in [1.54, 1.807) is 24.3 Å². The number of hydrogen-bond donors (Lipinski definition) is 2. The van der Waals surface area contributed by atoms with Crippen LogP contribution in [0.1, 0.15) is 48.7 Å². The van der Waals surface area contributed by atoms with Crippen LogP contribution in [0.5, 0.6) is 0 Å². The van der Waals surface area contributed by atoms with Gasteiger partial charge < -0.3 is 10.2 Å². The molecule has 1 aromatic heterocycles. The van der Waals surface area contributed by atoms with Crippen LogP contribution in [0.15, 0.2) is 47.3 Å². The number of aryl methyl sites for hydroxylation is 2. The van der Waals surface area contributed by atoms with Gasteiger partial charge in [-0.25, -0.2) is 9.59 Å². The smallest absolute Gasteiger partial charge is 0.357 e. The molecule has 3 rings (SSSR count). The normalized spacial score (nSPS) is 10.7. The highest BCUT2D eigenvalue weighted by molar-refractivity contribution is 5.93. The molecule has 8 heteroatoms. The fraction of sp³-hybridized carbons (Fsp3) is 0.0870. The van der Waals surface area contributed by atoms with E-state index < -0.39 is 23.2 Å². The number of carbonyl (C=O) groups is 2. The molecule has 0 aliphatic heterocycles. The first-order valence-electron chi connectivity index (χ1n) is 9.12. The van der Waals surface area contributed by atoms with E-state index in [0.717, 1.165) is 15.8 Å². The Morgan fingerprint density at radius 1 is 1.00 bits per heavy atom. The maximum Gasteiger partial charge on any atom is 0.357 e. The minimum Gasteiger partial charge on any atom is -0.478 e. The minimum absolute atomic E-state index is 0.0961. The number of nitriles is 1. The van der Waals surface area contributed by atoms with Gasteiger partial charge in [-0.1, -0.05) is 30.4 Å². The van der Waals surface area contributed by atoms with Crippen molar-refractivity contribution in [3.8, 4) is 11.8 Å². The van der Waals surface area contributed by atoms with Gasteiger partial charge in [-0.15, -0.1) is 0 Å². The SMILES string of the molecule is Cc1ccc(-n2nc(C(=O)O)c(/C=C\c3ccc(C(=O)O)cc3)c(C#N)c2=O)cc1C. The first-order chi connectivity index (χ1) is 14.7. The zero-order valence-electron chi connectivity index (χ0n) is 16.7. The number of aromatic carboxylic acids is 2. The molecule has 0 aliphatic rings. The maximum absolute atomic E-state index is 12.9. The average Bonchev–Trinajstić information content (AvgIpc) is 2.74. The maximum atomic E-state index is 12.9. The average molecular weight is 415 g/mol. The van der Waals surface area contributed by atoms with Crippen LogP contribution >= 0.6 is 0 Å². The van der Waals surface area contributed by atoms with Crippen molar-refractivity contribution in [2.45, 2.75) is 13.8 Å². The van der Waals surface area contributed by atoms with Crippen molar-refractivity contribution in [2.75, 3.05) is 0 Å². The summed E-state index contributed by atoms with van der Waals surface area (Å²) < 4.78 is 0.910. The fourth-order valence-electron chi connectivity index (χ4n) is 2.92. The van der Waals surface area contributed by atoms with Gasteiger partial charge in [0.2, 0.25) is 0 Å². The lowest BCUT2D eigenvalue weighted by atomic mass is 10.0. The van der Waals surface area contributed by atoms with Crippen molar-refractivity contribution < 1.29 is 19.8 Å². The van der Waals surface area contributed by atoms with Crippen LogP contribution in [0, 0.1) is 25.2 Å². The molecule has 2 N–H and O–H groups in total. The van der Waals surface area contributed by atoms with Crippen molar-refractivity contribution >= 4 is 24.1 Å². The van der Waals surface area contributed by atoms with E-state index >= 15 is 0 Å². The van der Waals surface area contributed by atoms with Crippen molar-refractivity contribution in [1.29, 1.82) is 5.26 Å². The van der Waals surface area contributed by atoms with Gasteiger partial charge in [0, 0.05) is 5.56 Å². The van der Waals surface area contributed by atoms with E-state index in [1.807, 2.05) is 13.8 Å². The topological polar surface area (TPSA) is 133 Å². The summed E-state index contributed by atoms with van der Waals surface area (Å²) in [6, 6.07) is 12.7. The van der Waals surface area contributed by atoms with Crippen molar-refractivity contribution in [2.24, 2.45) is 0 Å². The van der Waals surface area contributed by atoms with Crippen molar-refractivity contribution in [1.82, 2.24) is 9.78 Å². The largest absolute Gasteiger partial charge is 0.478 e. The Kier molecular flexibility index (Phi) is 5.79. The van der Waals surface area contributed by atoms with E-state index in [-0.39, 0.29) is 16.7 Å². The third kappa shape index (κ3) is 4.26. The summed E-state index contributed by atoms with van der Waals surface area (Å²) in [6.45, 7) is 3.75. The lowest BCUT2D eigenvalue weighted by molar-refractivity contribution is 0.0680. The van der Waals surface area contributed by atoms with E-state index in [2.05, 4.69) is 5.10 Å². The predicted molar refractivity (Wildman–Crippen MR) is 113 cm³/mol. The molecule has 3 aromatic rings. The first-order valence-corrected chi connectivity index (χ1v) is 9.12. The lowest BCUT2D eigenvalue weighted by Gasteiger charge is -2.11. The second-order valence-electron chi connectivity index (χ2n) is 6.80. The van der Waals surface area contributed by atoms with Crippen LogP contribution < -0.4 is 5.56 Å². The monoisotopic (exact) mass is 415 g/mol. The molecule has 8 nitrogen and oxygen atoms in total. The molecule has 0 unspecified atom stereocenters. The van der Waals surface area contributed by atoms with E-state index in [0.29, 0.717) is 11.3 Å². The summed E-state index contributed by atoms with van der Waals surface area (Å²) in [6.07, 6.45) is 2.80. The predicted octanol–water partition coefficient (Wildman–Crippen LogP) is 3.29. The standard InChI is InChI=1S/C23H17N3O5/c1-13-3-9-17(11-14(13)2)26-21(27)19(12-24)18(20(25-26)23(30)31)10-6-15-4-7-16(8-5-15)22(28)29/h3-11H,1-2H3,(H,28,29)(H,30,31)/b10-6-. The number of rotatable bonds is 5.